The lowest BCUT2D eigenvalue weighted by atomic mass is 9.96. The number of nitrogens with zero attached hydrogens (tertiary/aromatic N) is 1. The molecule has 0 saturated heterocycles. The largest absolute Gasteiger partial charge is 0.319 e. The number of hydrogen-bond acceptors (Lipinski definition) is 2. The molecule has 0 heterocycles. The van der Waals surface area contributed by atoms with Crippen molar-refractivity contribution in [2.45, 2.75) is 24.7 Å². The van der Waals surface area contributed by atoms with E-state index >= 15 is 0 Å². The quantitative estimate of drug-likeness (QED) is 0.784. The van der Waals surface area contributed by atoms with Crippen LogP contribution in [-0.4, -0.2) is 13.6 Å². The molecular formula is C15H18N2. The van der Waals surface area contributed by atoms with Crippen molar-refractivity contribution >= 4 is 6.08 Å². The molecule has 2 rings (SSSR count). The highest BCUT2D eigenvalue weighted by atomic mass is 14.8. The number of hydrogen-bond donors (Lipinski definition) is 1. The monoisotopic (exact) mass is 226 g/mol. The van der Waals surface area contributed by atoms with Crippen LogP contribution in [0.2, 0.25) is 0 Å². The van der Waals surface area contributed by atoms with Crippen LogP contribution in [0.15, 0.2) is 30.3 Å². The molecule has 2 nitrogen and oxygen atoms in total. The van der Waals surface area contributed by atoms with Crippen molar-refractivity contribution in [1.82, 2.24) is 5.32 Å². The van der Waals surface area contributed by atoms with Gasteiger partial charge in [-0.2, -0.15) is 5.26 Å². The molecule has 1 aliphatic rings. The Bertz CT molecular complexity index is 433. The van der Waals surface area contributed by atoms with Gasteiger partial charge in [0.15, 0.2) is 0 Å². The Kier molecular flexibility index (Phi) is 3.61. The second-order valence-electron chi connectivity index (χ2n) is 4.61. The third-order valence-corrected chi connectivity index (χ3v) is 3.30. The number of nitrogens with one attached hydrogen (secondary N) is 1. The van der Waals surface area contributed by atoms with Crippen molar-refractivity contribution < 1.29 is 0 Å². The van der Waals surface area contributed by atoms with Crippen LogP contribution in [0.1, 0.15) is 30.4 Å². The van der Waals surface area contributed by atoms with Crippen LogP contribution in [0, 0.1) is 11.3 Å². The fraction of sp³-hybridized carbons (Fsp3) is 0.400. The van der Waals surface area contributed by atoms with Crippen molar-refractivity contribution in [3.63, 3.8) is 0 Å². The maximum absolute atomic E-state index is 9.11. The summed E-state index contributed by atoms with van der Waals surface area (Å²) < 4.78 is 0. The Balaban J connectivity index is 1.99. The van der Waals surface area contributed by atoms with Gasteiger partial charge in [-0.15, -0.1) is 0 Å². The topological polar surface area (TPSA) is 35.8 Å². The smallest absolute Gasteiger partial charge is 0.0823 e. The first-order chi connectivity index (χ1) is 8.30. The van der Waals surface area contributed by atoms with E-state index in [0.717, 1.165) is 25.8 Å². The number of benzene rings is 1. The van der Waals surface area contributed by atoms with Crippen molar-refractivity contribution in [2.75, 3.05) is 13.6 Å². The summed E-state index contributed by atoms with van der Waals surface area (Å²) in [7, 11) is 1.96. The van der Waals surface area contributed by atoms with Crippen LogP contribution in [0.4, 0.5) is 0 Å². The van der Waals surface area contributed by atoms with Crippen LogP contribution in [0.25, 0.3) is 6.08 Å². The SMILES string of the molecule is CNCCC=Cc1ccc(C2(C#N)CC2)cc1. The molecule has 1 aromatic rings. The average molecular weight is 226 g/mol. The lowest BCUT2D eigenvalue weighted by Crippen LogP contribution is -2.05. The van der Waals surface area contributed by atoms with Gasteiger partial charge >= 0.3 is 0 Å². The molecule has 0 atom stereocenters. The van der Waals surface area contributed by atoms with Crippen molar-refractivity contribution in [1.29, 1.82) is 5.26 Å². The van der Waals surface area contributed by atoms with Crippen molar-refractivity contribution in [3.05, 3.63) is 41.5 Å². The molecular weight excluding hydrogens is 208 g/mol. The molecule has 2 heteroatoms. The Morgan fingerprint density at radius 1 is 1.35 bits per heavy atom. The van der Waals surface area contributed by atoms with Gasteiger partial charge in [0, 0.05) is 0 Å². The first kappa shape index (κ1) is 11.9. The second-order valence-corrected chi connectivity index (χ2v) is 4.61. The van der Waals surface area contributed by atoms with Gasteiger partial charge in [0.1, 0.15) is 0 Å². The molecule has 0 bridgehead atoms. The standard InChI is InChI=1S/C15H18N2/c1-17-11-3-2-4-13-5-7-14(8-6-13)15(12-16)9-10-15/h2,4-8,17H,3,9-11H2,1H3. The fourth-order valence-corrected chi connectivity index (χ4v) is 1.95. The van der Waals surface area contributed by atoms with Crippen LogP contribution < -0.4 is 5.32 Å². The summed E-state index contributed by atoms with van der Waals surface area (Å²) in [4.78, 5) is 0. The summed E-state index contributed by atoms with van der Waals surface area (Å²) in [5.74, 6) is 0. The molecule has 0 spiro atoms. The van der Waals surface area contributed by atoms with E-state index in [0.29, 0.717) is 0 Å². The molecule has 1 N–H and O–H groups in total. The summed E-state index contributed by atoms with van der Waals surface area (Å²) in [5.41, 5.74) is 2.22. The average Bonchev–Trinajstić information content (AvgIpc) is 3.16. The zero-order valence-corrected chi connectivity index (χ0v) is 10.2. The lowest BCUT2D eigenvalue weighted by molar-refractivity contribution is 0.809. The van der Waals surface area contributed by atoms with Crippen molar-refractivity contribution in [3.8, 4) is 6.07 Å². The van der Waals surface area contributed by atoms with Crippen molar-refractivity contribution in [2.24, 2.45) is 0 Å². The van der Waals surface area contributed by atoms with E-state index in [2.05, 4.69) is 47.8 Å². The molecule has 0 unspecified atom stereocenters. The first-order valence-electron chi connectivity index (χ1n) is 6.14. The van der Waals surface area contributed by atoms with Gasteiger partial charge < -0.3 is 5.32 Å². The zero-order chi connectivity index (χ0) is 12.1. The molecule has 17 heavy (non-hydrogen) atoms. The van der Waals surface area contributed by atoms with Gasteiger partial charge in [0.2, 0.25) is 0 Å². The predicted molar refractivity (Wildman–Crippen MR) is 70.5 cm³/mol. The number of rotatable bonds is 5. The van der Waals surface area contributed by atoms with Crippen LogP contribution in [-0.2, 0) is 5.41 Å². The molecule has 1 aliphatic carbocycles. The van der Waals surface area contributed by atoms with Gasteiger partial charge in [0.05, 0.1) is 11.5 Å². The highest BCUT2D eigenvalue weighted by Crippen LogP contribution is 2.47. The van der Waals surface area contributed by atoms with E-state index < -0.39 is 0 Å². The Labute approximate surface area is 103 Å². The lowest BCUT2D eigenvalue weighted by Gasteiger charge is -2.05. The molecule has 1 saturated carbocycles. The highest BCUT2D eigenvalue weighted by molar-refractivity contribution is 5.51. The van der Waals surface area contributed by atoms with E-state index in [1.165, 1.54) is 11.1 Å². The van der Waals surface area contributed by atoms with Gasteiger partial charge in [-0.25, -0.2) is 0 Å². The molecule has 1 aromatic carbocycles. The minimum Gasteiger partial charge on any atom is -0.319 e. The normalized spacial score (nSPS) is 16.9. The van der Waals surface area contributed by atoms with E-state index in [-0.39, 0.29) is 5.41 Å². The Morgan fingerprint density at radius 2 is 2.06 bits per heavy atom. The fourth-order valence-electron chi connectivity index (χ4n) is 1.95. The molecule has 88 valence electrons. The van der Waals surface area contributed by atoms with Crippen LogP contribution >= 0.6 is 0 Å². The molecule has 0 radical (unpaired) electrons. The van der Waals surface area contributed by atoms with Gasteiger partial charge in [-0.3, -0.25) is 0 Å². The maximum atomic E-state index is 9.11. The van der Waals surface area contributed by atoms with Crippen LogP contribution in [0.5, 0.6) is 0 Å². The summed E-state index contributed by atoms with van der Waals surface area (Å²) in [6.45, 7) is 1.01. The summed E-state index contributed by atoms with van der Waals surface area (Å²) in [6, 6.07) is 10.8. The molecule has 0 amide bonds. The summed E-state index contributed by atoms with van der Waals surface area (Å²) in [5, 5.41) is 12.2. The molecule has 1 fully saturated rings. The Hall–Kier alpha value is -1.59. The maximum Gasteiger partial charge on any atom is 0.0823 e. The second kappa shape index (κ2) is 5.16. The van der Waals surface area contributed by atoms with E-state index in [1.54, 1.807) is 0 Å². The van der Waals surface area contributed by atoms with E-state index in [1.807, 2.05) is 7.05 Å². The summed E-state index contributed by atoms with van der Waals surface area (Å²) >= 11 is 0. The minimum absolute atomic E-state index is 0.158. The first-order valence-corrected chi connectivity index (χ1v) is 6.14. The Morgan fingerprint density at radius 3 is 2.59 bits per heavy atom. The number of nitriles is 1. The minimum atomic E-state index is -0.158. The third kappa shape index (κ3) is 2.75. The summed E-state index contributed by atoms with van der Waals surface area (Å²) in [6.07, 6.45) is 7.37. The third-order valence-electron chi connectivity index (χ3n) is 3.30. The molecule has 0 aliphatic heterocycles. The zero-order valence-electron chi connectivity index (χ0n) is 10.2. The highest BCUT2D eigenvalue weighted by Gasteiger charge is 2.44. The molecule has 0 aromatic heterocycles. The van der Waals surface area contributed by atoms with Gasteiger partial charge in [0.25, 0.3) is 0 Å². The van der Waals surface area contributed by atoms with Gasteiger partial charge in [-0.1, -0.05) is 36.4 Å². The predicted octanol–water partition coefficient (Wildman–Crippen LogP) is 2.86. The van der Waals surface area contributed by atoms with E-state index in [9.17, 15) is 0 Å². The van der Waals surface area contributed by atoms with Gasteiger partial charge in [-0.05, 0) is 44.0 Å². The van der Waals surface area contributed by atoms with Crippen LogP contribution in [0.3, 0.4) is 0 Å². The van der Waals surface area contributed by atoms with E-state index in [4.69, 9.17) is 5.26 Å².